The molecule has 0 amide bonds. The van der Waals surface area contributed by atoms with Gasteiger partial charge in [0.25, 0.3) is 0 Å². The minimum absolute atomic E-state index is 0.0148. The highest BCUT2D eigenvalue weighted by atomic mass is 16.5. The summed E-state index contributed by atoms with van der Waals surface area (Å²) >= 11 is 0. The summed E-state index contributed by atoms with van der Waals surface area (Å²) in [7, 11) is 1.80. The molecule has 0 radical (unpaired) electrons. The first-order valence-electron chi connectivity index (χ1n) is 9.67. The van der Waals surface area contributed by atoms with Crippen LogP contribution in [0.25, 0.3) is 11.3 Å². The number of aliphatic hydroxyl groups excluding tert-OH is 1. The Morgan fingerprint density at radius 3 is 3.00 bits per heavy atom. The van der Waals surface area contributed by atoms with Gasteiger partial charge in [-0.25, -0.2) is 14.6 Å². The van der Waals surface area contributed by atoms with Crippen LogP contribution < -0.4 is 15.4 Å². The SMILES string of the molecule is CCOc1c(Nc2nccc(-c3cc(C#N)c4c(c3)C(C)(CO)CN4)n2)cnn1C. The molecule has 30 heavy (non-hydrogen) atoms. The average molecular weight is 405 g/mol. The number of anilines is 3. The largest absolute Gasteiger partial charge is 0.477 e. The van der Waals surface area contributed by atoms with Crippen LogP contribution in [-0.2, 0) is 12.5 Å². The number of nitriles is 1. The third-order valence-corrected chi connectivity index (χ3v) is 5.28. The predicted octanol–water partition coefficient (Wildman–Crippen LogP) is 2.57. The summed E-state index contributed by atoms with van der Waals surface area (Å²) in [6.45, 7) is 4.96. The van der Waals surface area contributed by atoms with Gasteiger partial charge in [-0.1, -0.05) is 6.92 Å². The number of aromatic nitrogens is 4. The third-order valence-electron chi connectivity index (χ3n) is 5.28. The van der Waals surface area contributed by atoms with Crippen LogP contribution >= 0.6 is 0 Å². The van der Waals surface area contributed by atoms with Crippen LogP contribution in [0.5, 0.6) is 5.88 Å². The van der Waals surface area contributed by atoms with Gasteiger partial charge >= 0.3 is 0 Å². The van der Waals surface area contributed by atoms with Gasteiger partial charge in [-0.15, -0.1) is 0 Å². The van der Waals surface area contributed by atoms with Crippen molar-refractivity contribution in [2.45, 2.75) is 19.3 Å². The highest BCUT2D eigenvalue weighted by Gasteiger charge is 2.35. The number of fused-ring (bicyclic) bond motifs is 1. The predicted molar refractivity (Wildman–Crippen MR) is 113 cm³/mol. The van der Waals surface area contributed by atoms with Crippen molar-refractivity contribution in [3.63, 3.8) is 0 Å². The molecular weight excluding hydrogens is 382 g/mol. The third kappa shape index (κ3) is 3.31. The zero-order valence-electron chi connectivity index (χ0n) is 17.1. The number of rotatable bonds is 6. The molecule has 0 spiro atoms. The fraction of sp³-hybridized carbons (Fsp3) is 0.333. The molecule has 3 heterocycles. The van der Waals surface area contributed by atoms with E-state index in [-0.39, 0.29) is 6.61 Å². The van der Waals surface area contributed by atoms with E-state index in [1.165, 1.54) is 0 Å². The van der Waals surface area contributed by atoms with Gasteiger partial charge in [0.05, 0.1) is 36.4 Å². The van der Waals surface area contributed by atoms with Crippen LogP contribution in [-0.4, -0.2) is 44.6 Å². The average Bonchev–Trinajstić information content (AvgIpc) is 3.29. The van der Waals surface area contributed by atoms with Crippen molar-refractivity contribution in [1.29, 1.82) is 5.26 Å². The van der Waals surface area contributed by atoms with Crippen molar-refractivity contribution >= 4 is 17.3 Å². The summed E-state index contributed by atoms with van der Waals surface area (Å²) in [6, 6.07) is 7.82. The van der Waals surface area contributed by atoms with Crippen LogP contribution in [0.2, 0.25) is 0 Å². The number of nitrogens with zero attached hydrogens (tertiary/aromatic N) is 5. The number of aliphatic hydroxyl groups is 1. The number of nitrogens with one attached hydrogen (secondary N) is 2. The number of aryl methyl sites for hydroxylation is 1. The zero-order chi connectivity index (χ0) is 21.3. The summed E-state index contributed by atoms with van der Waals surface area (Å²) in [6.07, 6.45) is 3.31. The maximum atomic E-state index is 9.90. The van der Waals surface area contributed by atoms with Gasteiger partial charge in [0.15, 0.2) is 0 Å². The molecule has 9 heteroatoms. The fourth-order valence-corrected chi connectivity index (χ4v) is 3.58. The Balaban J connectivity index is 1.72. The Labute approximate surface area is 174 Å². The van der Waals surface area contributed by atoms with Crippen molar-refractivity contribution in [2.24, 2.45) is 7.05 Å². The molecule has 0 saturated carbocycles. The standard InChI is InChI=1S/C21H23N7O2/c1-4-30-19-17(10-25-28(19)3)27-20-23-6-5-16(26-20)13-7-14(9-22)18-15(8-13)21(2,12-29)11-24-18/h5-8,10,24,29H,4,11-12H2,1-3H3,(H,23,26,27). The van der Waals surface area contributed by atoms with Crippen molar-refractivity contribution < 1.29 is 9.84 Å². The Kier molecular flexibility index (Phi) is 5.01. The molecule has 1 unspecified atom stereocenters. The quantitative estimate of drug-likeness (QED) is 0.572. The van der Waals surface area contributed by atoms with E-state index in [0.717, 1.165) is 16.8 Å². The topological polar surface area (TPSA) is 121 Å². The summed E-state index contributed by atoms with van der Waals surface area (Å²) in [5.74, 6) is 0.990. The normalized spacial score (nSPS) is 17.2. The van der Waals surface area contributed by atoms with Crippen molar-refractivity contribution in [3.05, 3.63) is 41.7 Å². The van der Waals surface area contributed by atoms with Crippen LogP contribution in [0, 0.1) is 11.3 Å². The lowest BCUT2D eigenvalue weighted by Crippen LogP contribution is -2.28. The molecule has 4 rings (SSSR count). The molecule has 3 aromatic rings. The van der Waals surface area contributed by atoms with E-state index in [9.17, 15) is 10.4 Å². The van der Waals surface area contributed by atoms with Crippen molar-refractivity contribution in [3.8, 4) is 23.2 Å². The smallest absolute Gasteiger partial charge is 0.236 e. The lowest BCUT2D eigenvalue weighted by molar-refractivity contribution is 0.219. The van der Waals surface area contributed by atoms with Gasteiger partial charge < -0.3 is 20.5 Å². The molecule has 0 aliphatic carbocycles. The van der Waals surface area contributed by atoms with E-state index in [1.54, 1.807) is 36.3 Å². The van der Waals surface area contributed by atoms with Crippen LogP contribution in [0.4, 0.5) is 17.3 Å². The molecule has 2 aromatic heterocycles. The Bertz CT molecular complexity index is 1130. The molecule has 1 aliphatic rings. The molecule has 0 saturated heterocycles. The minimum Gasteiger partial charge on any atom is -0.477 e. The van der Waals surface area contributed by atoms with Crippen molar-refractivity contribution in [1.82, 2.24) is 19.7 Å². The molecule has 3 N–H and O–H groups in total. The van der Waals surface area contributed by atoms with Crippen molar-refractivity contribution in [2.75, 3.05) is 30.4 Å². The summed E-state index contributed by atoms with van der Waals surface area (Å²) in [5, 5.41) is 30.1. The number of ether oxygens (including phenoxy) is 1. The molecular formula is C21H23N7O2. The van der Waals surface area contributed by atoms with E-state index in [2.05, 4.69) is 31.8 Å². The van der Waals surface area contributed by atoms with Gasteiger partial charge in [0, 0.05) is 30.8 Å². The lowest BCUT2D eigenvalue weighted by atomic mass is 9.83. The van der Waals surface area contributed by atoms with Gasteiger partial charge in [-0.05, 0) is 30.7 Å². The van der Waals surface area contributed by atoms with Gasteiger partial charge in [-0.3, -0.25) is 0 Å². The van der Waals surface area contributed by atoms with E-state index in [0.29, 0.717) is 41.9 Å². The first kappa shape index (κ1) is 19.7. The molecule has 1 aromatic carbocycles. The monoisotopic (exact) mass is 405 g/mol. The maximum Gasteiger partial charge on any atom is 0.236 e. The Hall–Kier alpha value is -3.64. The number of hydrogen-bond acceptors (Lipinski definition) is 8. The van der Waals surface area contributed by atoms with Gasteiger partial charge in [0.1, 0.15) is 11.8 Å². The first-order chi connectivity index (χ1) is 14.5. The lowest BCUT2D eigenvalue weighted by Gasteiger charge is -2.21. The van der Waals surface area contributed by atoms with Gasteiger partial charge in [-0.2, -0.15) is 10.4 Å². The second-order valence-electron chi connectivity index (χ2n) is 7.44. The Morgan fingerprint density at radius 2 is 2.27 bits per heavy atom. The molecule has 0 bridgehead atoms. The van der Waals surface area contributed by atoms with E-state index >= 15 is 0 Å². The van der Waals surface area contributed by atoms with Gasteiger partial charge in [0.2, 0.25) is 11.8 Å². The number of hydrogen-bond donors (Lipinski definition) is 3. The van der Waals surface area contributed by atoms with E-state index in [4.69, 9.17) is 4.74 Å². The molecule has 0 fully saturated rings. The first-order valence-corrected chi connectivity index (χ1v) is 9.67. The zero-order valence-corrected chi connectivity index (χ0v) is 17.1. The van der Waals surface area contributed by atoms with E-state index < -0.39 is 5.41 Å². The fourth-order valence-electron chi connectivity index (χ4n) is 3.58. The molecule has 1 aliphatic heterocycles. The highest BCUT2D eigenvalue weighted by molar-refractivity contribution is 5.76. The second-order valence-corrected chi connectivity index (χ2v) is 7.44. The van der Waals surface area contributed by atoms with Crippen LogP contribution in [0.1, 0.15) is 25.0 Å². The molecule has 154 valence electrons. The summed E-state index contributed by atoms with van der Waals surface area (Å²) in [4.78, 5) is 8.91. The summed E-state index contributed by atoms with van der Waals surface area (Å²) in [5.41, 5.74) is 3.89. The summed E-state index contributed by atoms with van der Waals surface area (Å²) < 4.78 is 7.26. The van der Waals surface area contributed by atoms with E-state index in [1.807, 2.05) is 19.9 Å². The minimum atomic E-state index is -0.451. The molecule has 9 nitrogen and oxygen atoms in total. The Morgan fingerprint density at radius 1 is 1.43 bits per heavy atom. The highest BCUT2D eigenvalue weighted by Crippen LogP contribution is 2.41. The van der Waals surface area contributed by atoms with Crippen LogP contribution in [0.3, 0.4) is 0 Å². The number of benzene rings is 1. The van der Waals surface area contributed by atoms with Crippen LogP contribution in [0.15, 0.2) is 30.6 Å². The second kappa shape index (κ2) is 7.65. The maximum absolute atomic E-state index is 9.90. The molecule has 1 atom stereocenters.